The van der Waals surface area contributed by atoms with Crippen LogP contribution in [-0.4, -0.2) is 41.5 Å². The Labute approximate surface area is 139 Å². The number of hydrogen-bond donors (Lipinski definition) is 2. The van der Waals surface area contributed by atoms with E-state index in [1.807, 2.05) is 0 Å². The number of carbonyl (C=O) groups is 2. The van der Waals surface area contributed by atoms with Crippen LogP contribution in [0.25, 0.3) is 0 Å². The van der Waals surface area contributed by atoms with Crippen molar-refractivity contribution < 1.29 is 14.7 Å². The standard InChI is InChI=1S/C15H18Cl2N2O3/c16-10-3-1-4-11(17)15(10)12(20)9-18-13(21)6-8-19-7-2-5-14(19)22/h1,3-4,12,20H,2,5-9H2,(H,18,21). The number of rotatable bonds is 6. The van der Waals surface area contributed by atoms with Crippen molar-refractivity contribution in [1.29, 1.82) is 0 Å². The number of benzene rings is 1. The number of likely N-dealkylation sites (tertiary alicyclic amines) is 1. The highest BCUT2D eigenvalue weighted by Crippen LogP contribution is 2.29. The van der Waals surface area contributed by atoms with Gasteiger partial charge in [0.15, 0.2) is 0 Å². The number of amides is 2. The van der Waals surface area contributed by atoms with Gasteiger partial charge in [-0.25, -0.2) is 0 Å². The van der Waals surface area contributed by atoms with Crippen LogP contribution in [0.5, 0.6) is 0 Å². The minimum absolute atomic E-state index is 0.0240. The summed E-state index contributed by atoms with van der Waals surface area (Å²) < 4.78 is 0. The molecule has 1 aromatic carbocycles. The zero-order chi connectivity index (χ0) is 16.1. The number of halogens is 2. The SMILES string of the molecule is O=C(CCN1CCCC1=O)NCC(O)c1c(Cl)cccc1Cl. The molecule has 1 aliphatic rings. The molecule has 5 nitrogen and oxygen atoms in total. The van der Waals surface area contributed by atoms with Crippen LogP contribution in [0.2, 0.25) is 10.0 Å². The lowest BCUT2D eigenvalue weighted by Gasteiger charge is -2.17. The van der Waals surface area contributed by atoms with Crippen LogP contribution < -0.4 is 5.32 Å². The van der Waals surface area contributed by atoms with E-state index in [1.165, 1.54) is 0 Å². The summed E-state index contributed by atoms with van der Waals surface area (Å²) in [7, 11) is 0. The minimum atomic E-state index is -0.974. The van der Waals surface area contributed by atoms with E-state index in [0.717, 1.165) is 6.42 Å². The van der Waals surface area contributed by atoms with Gasteiger partial charge in [0.2, 0.25) is 11.8 Å². The van der Waals surface area contributed by atoms with Crippen LogP contribution in [0.4, 0.5) is 0 Å². The van der Waals surface area contributed by atoms with E-state index in [1.54, 1.807) is 23.1 Å². The molecular formula is C15H18Cl2N2O3. The van der Waals surface area contributed by atoms with Gasteiger partial charge in [-0.1, -0.05) is 29.3 Å². The third-order valence-corrected chi connectivity index (χ3v) is 4.26. The first-order chi connectivity index (χ1) is 10.5. The molecule has 1 aliphatic heterocycles. The molecule has 2 N–H and O–H groups in total. The van der Waals surface area contributed by atoms with Crippen LogP contribution in [0, 0.1) is 0 Å². The molecule has 0 saturated carbocycles. The molecule has 22 heavy (non-hydrogen) atoms. The molecular weight excluding hydrogens is 327 g/mol. The highest BCUT2D eigenvalue weighted by molar-refractivity contribution is 6.36. The number of nitrogens with one attached hydrogen (secondary N) is 1. The summed E-state index contributed by atoms with van der Waals surface area (Å²) in [5, 5.41) is 13.5. The molecule has 7 heteroatoms. The molecule has 0 aromatic heterocycles. The Morgan fingerprint density at radius 1 is 1.36 bits per heavy atom. The molecule has 0 spiro atoms. The van der Waals surface area contributed by atoms with Gasteiger partial charge in [-0.2, -0.15) is 0 Å². The fourth-order valence-corrected chi connectivity index (χ4v) is 3.06. The van der Waals surface area contributed by atoms with Gasteiger partial charge in [0.05, 0.1) is 6.10 Å². The van der Waals surface area contributed by atoms with E-state index < -0.39 is 6.10 Å². The van der Waals surface area contributed by atoms with Crippen molar-refractivity contribution in [3.63, 3.8) is 0 Å². The monoisotopic (exact) mass is 344 g/mol. The lowest BCUT2D eigenvalue weighted by atomic mass is 10.1. The van der Waals surface area contributed by atoms with Gasteiger partial charge in [-0.3, -0.25) is 9.59 Å². The molecule has 1 heterocycles. The molecule has 0 radical (unpaired) electrons. The van der Waals surface area contributed by atoms with E-state index in [9.17, 15) is 14.7 Å². The first-order valence-corrected chi connectivity index (χ1v) is 7.91. The van der Waals surface area contributed by atoms with Gasteiger partial charge >= 0.3 is 0 Å². The fraction of sp³-hybridized carbons (Fsp3) is 0.467. The smallest absolute Gasteiger partial charge is 0.222 e. The van der Waals surface area contributed by atoms with Crippen molar-refractivity contribution in [3.05, 3.63) is 33.8 Å². The second kappa shape index (κ2) is 7.81. The predicted octanol–water partition coefficient (Wildman–Crippen LogP) is 2.16. The molecule has 2 amide bonds. The zero-order valence-electron chi connectivity index (χ0n) is 12.0. The molecule has 120 valence electrons. The number of carbonyl (C=O) groups excluding carboxylic acids is 2. The van der Waals surface area contributed by atoms with Crippen LogP contribution >= 0.6 is 23.2 Å². The summed E-state index contributed by atoms with van der Waals surface area (Å²) >= 11 is 12.0. The Kier molecular flexibility index (Phi) is 6.06. The van der Waals surface area contributed by atoms with Gasteiger partial charge in [-0.15, -0.1) is 0 Å². The Hall–Kier alpha value is -1.30. The molecule has 1 fully saturated rings. The maximum atomic E-state index is 11.8. The van der Waals surface area contributed by atoms with Crippen molar-refractivity contribution in [3.8, 4) is 0 Å². The first-order valence-electron chi connectivity index (χ1n) is 7.15. The largest absolute Gasteiger partial charge is 0.386 e. The summed E-state index contributed by atoms with van der Waals surface area (Å²) in [6, 6.07) is 4.95. The van der Waals surface area contributed by atoms with E-state index in [0.29, 0.717) is 35.1 Å². The normalized spacial score (nSPS) is 16.0. The predicted molar refractivity (Wildman–Crippen MR) is 84.9 cm³/mol. The van der Waals surface area contributed by atoms with Gasteiger partial charge in [-0.05, 0) is 18.6 Å². The van der Waals surface area contributed by atoms with Crippen molar-refractivity contribution >= 4 is 35.0 Å². The fourth-order valence-electron chi connectivity index (χ4n) is 2.41. The molecule has 1 unspecified atom stereocenters. The summed E-state index contributed by atoms with van der Waals surface area (Å²) in [4.78, 5) is 24.9. The van der Waals surface area contributed by atoms with Crippen LogP contribution in [0.1, 0.15) is 30.9 Å². The molecule has 1 aromatic rings. The third kappa shape index (κ3) is 4.35. The van der Waals surface area contributed by atoms with Gasteiger partial charge in [0.1, 0.15) is 0 Å². The summed E-state index contributed by atoms with van der Waals surface area (Å²) in [6.07, 6.45) is 0.656. The van der Waals surface area contributed by atoms with E-state index >= 15 is 0 Å². The van der Waals surface area contributed by atoms with Crippen molar-refractivity contribution in [2.24, 2.45) is 0 Å². The Bertz CT molecular complexity index is 545. The molecule has 0 bridgehead atoms. The van der Waals surface area contributed by atoms with Crippen molar-refractivity contribution in [2.45, 2.75) is 25.4 Å². The molecule has 1 saturated heterocycles. The van der Waals surface area contributed by atoms with Gasteiger partial charge in [0.25, 0.3) is 0 Å². The van der Waals surface area contributed by atoms with E-state index in [-0.39, 0.29) is 24.8 Å². The first kappa shape index (κ1) is 17.1. The maximum Gasteiger partial charge on any atom is 0.222 e. The second-order valence-electron chi connectivity index (χ2n) is 5.19. The maximum absolute atomic E-state index is 11.8. The highest BCUT2D eigenvalue weighted by Gasteiger charge is 2.21. The van der Waals surface area contributed by atoms with E-state index in [4.69, 9.17) is 23.2 Å². The average Bonchev–Trinajstić information content (AvgIpc) is 2.88. The summed E-state index contributed by atoms with van der Waals surface area (Å²) in [6.45, 7) is 1.15. The van der Waals surface area contributed by atoms with Crippen LogP contribution in [-0.2, 0) is 9.59 Å². The lowest BCUT2D eigenvalue weighted by Crippen LogP contribution is -2.33. The van der Waals surface area contributed by atoms with Crippen molar-refractivity contribution in [2.75, 3.05) is 19.6 Å². The number of hydrogen-bond acceptors (Lipinski definition) is 3. The lowest BCUT2D eigenvalue weighted by molar-refractivity contribution is -0.128. The Morgan fingerprint density at radius 3 is 2.64 bits per heavy atom. The van der Waals surface area contributed by atoms with E-state index in [2.05, 4.69) is 5.32 Å². The van der Waals surface area contributed by atoms with Crippen LogP contribution in [0.3, 0.4) is 0 Å². The number of aliphatic hydroxyl groups excluding tert-OH is 1. The topological polar surface area (TPSA) is 69.6 Å². The second-order valence-corrected chi connectivity index (χ2v) is 6.00. The average molecular weight is 345 g/mol. The molecule has 2 rings (SSSR count). The van der Waals surface area contributed by atoms with Crippen molar-refractivity contribution in [1.82, 2.24) is 10.2 Å². The Morgan fingerprint density at radius 2 is 2.05 bits per heavy atom. The molecule has 1 atom stereocenters. The van der Waals surface area contributed by atoms with Gasteiger partial charge < -0.3 is 15.3 Å². The summed E-state index contributed by atoms with van der Waals surface area (Å²) in [5.41, 5.74) is 0.404. The number of nitrogens with zero attached hydrogens (tertiary/aromatic N) is 1. The zero-order valence-corrected chi connectivity index (χ0v) is 13.5. The van der Waals surface area contributed by atoms with Crippen LogP contribution in [0.15, 0.2) is 18.2 Å². The Balaban J connectivity index is 1.79. The highest BCUT2D eigenvalue weighted by atomic mass is 35.5. The minimum Gasteiger partial charge on any atom is -0.386 e. The third-order valence-electron chi connectivity index (χ3n) is 3.61. The number of aliphatic hydroxyl groups is 1. The quantitative estimate of drug-likeness (QED) is 0.830. The molecule has 0 aliphatic carbocycles. The summed E-state index contributed by atoms with van der Waals surface area (Å²) in [5.74, 6) is -0.127. The van der Waals surface area contributed by atoms with Gasteiger partial charge in [0, 0.05) is 48.1 Å².